The van der Waals surface area contributed by atoms with Crippen LogP contribution in [0.2, 0.25) is 0 Å². The van der Waals surface area contributed by atoms with Crippen LogP contribution in [0.1, 0.15) is 43.4 Å². The molecule has 1 aliphatic heterocycles. The average molecular weight is 289 g/mol. The predicted molar refractivity (Wildman–Crippen MR) is 84.5 cm³/mol. The van der Waals surface area contributed by atoms with Crippen LogP contribution < -0.4 is 5.56 Å². The number of piperidine rings is 1. The highest BCUT2D eigenvalue weighted by atomic mass is 16.1. The van der Waals surface area contributed by atoms with Gasteiger partial charge in [-0.2, -0.15) is 0 Å². The van der Waals surface area contributed by atoms with Crippen molar-refractivity contribution in [2.45, 2.75) is 52.5 Å². The number of aryl methyl sites for hydroxylation is 1. The third-order valence-corrected chi connectivity index (χ3v) is 5.42. The van der Waals surface area contributed by atoms with Crippen LogP contribution in [0.5, 0.6) is 0 Å². The molecule has 0 unspecified atom stereocenters. The topological polar surface area (TPSA) is 38.1 Å². The monoisotopic (exact) mass is 289 g/mol. The molecule has 1 saturated carbocycles. The van der Waals surface area contributed by atoms with E-state index in [-0.39, 0.29) is 5.56 Å². The van der Waals surface area contributed by atoms with E-state index >= 15 is 0 Å². The van der Waals surface area contributed by atoms with Gasteiger partial charge in [0.05, 0.1) is 6.33 Å². The van der Waals surface area contributed by atoms with E-state index in [1.165, 1.54) is 51.7 Å². The zero-order chi connectivity index (χ0) is 14.8. The number of hydrogen-bond donors (Lipinski definition) is 0. The third-order valence-electron chi connectivity index (χ3n) is 5.42. The second-order valence-electron chi connectivity index (χ2n) is 6.95. The summed E-state index contributed by atoms with van der Waals surface area (Å²) in [5, 5.41) is 0. The Morgan fingerprint density at radius 3 is 2.38 bits per heavy atom. The van der Waals surface area contributed by atoms with Crippen LogP contribution in [-0.2, 0) is 6.54 Å². The van der Waals surface area contributed by atoms with Crippen LogP contribution in [-0.4, -0.2) is 34.1 Å². The van der Waals surface area contributed by atoms with Crippen LogP contribution in [0.25, 0.3) is 0 Å². The Kier molecular flexibility index (Phi) is 4.43. The molecule has 0 radical (unpaired) electrons. The molecule has 4 nitrogen and oxygen atoms in total. The maximum absolute atomic E-state index is 12.2. The predicted octanol–water partition coefficient (Wildman–Crippen LogP) is 2.37. The van der Waals surface area contributed by atoms with Gasteiger partial charge in [0, 0.05) is 24.3 Å². The Balaban J connectivity index is 1.53. The minimum Gasteiger partial charge on any atom is -0.303 e. The van der Waals surface area contributed by atoms with E-state index in [9.17, 15) is 4.79 Å². The molecule has 1 saturated heterocycles. The first-order valence-corrected chi connectivity index (χ1v) is 8.38. The summed E-state index contributed by atoms with van der Waals surface area (Å²) in [7, 11) is 0. The summed E-state index contributed by atoms with van der Waals surface area (Å²) in [6.07, 6.45) is 8.46. The lowest BCUT2D eigenvalue weighted by Crippen LogP contribution is -2.40. The lowest BCUT2D eigenvalue weighted by atomic mass is 9.84. The maximum Gasteiger partial charge on any atom is 0.256 e. The number of aromatic nitrogens is 2. The van der Waals surface area contributed by atoms with Gasteiger partial charge >= 0.3 is 0 Å². The highest BCUT2D eigenvalue weighted by Gasteiger charge is 2.25. The van der Waals surface area contributed by atoms with Crippen molar-refractivity contribution in [2.24, 2.45) is 11.8 Å². The van der Waals surface area contributed by atoms with Gasteiger partial charge in [0.15, 0.2) is 0 Å². The molecule has 116 valence electrons. The van der Waals surface area contributed by atoms with Gasteiger partial charge in [-0.1, -0.05) is 6.42 Å². The molecule has 2 fully saturated rings. The summed E-state index contributed by atoms with van der Waals surface area (Å²) in [4.78, 5) is 19.2. The number of hydrogen-bond acceptors (Lipinski definition) is 3. The van der Waals surface area contributed by atoms with Gasteiger partial charge in [-0.25, -0.2) is 4.98 Å². The highest BCUT2D eigenvalue weighted by Crippen LogP contribution is 2.28. The molecule has 0 N–H and O–H groups in total. The van der Waals surface area contributed by atoms with Crippen molar-refractivity contribution >= 4 is 0 Å². The zero-order valence-corrected chi connectivity index (χ0v) is 13.3. The normalized spacial score (nSPS) is 21.4. The smallest absolute Gasteiger partial charge is 0.256 e. The summed E-state index contributed by atoms with van der Waals surface area (Å²) >= 11 is 0. The standard InChI is InChI=1S/C17H27N3O/c1-13-14(2)18-12-20(17(13)21)11-16-6-8-19(9-7-16)10-15-4-3-5-15/h12,15-16H,3-11H2,1-2H3. The van der Waals surface area contributed by atoms with E-state index in [1.54, 1.807) is 6.33 Å². The summed E-state index contributed by atoms with van der Waals surface area (Å²) in [6, 6.07) is 0. The molecule has 0 atom stereocenters. The van der Waals surface area contributed by atoms with Crippen molar-refractivity contribution in [3.63, 3.8) is 0 Å². The van der Waals surface area contributed by atoms with Gasteiger partial charge in [0.1, 0.15) is 0 Å². The molecule has 0 amide bonds. The fraction of sp³-hybridized carbons (Fsp3) is 0.765. The molecular weight excluding hydrogens is 262 g/mol. The summed E-state index contributed by atoms with van der Waals surface area (Å²) in [5.74, 6) is 1.59. The molecular formula is C17H27N3O. The number of nitrogens with zero attached hydrogens (tertiary/aromatic N) is 3. The van der Waals surface area contributed by atoms with Crippen LogP contribution in [0.15, 0.2) is 11.1 Å². The lowest BCUT2D eigenvalue weighted by molar-refractivity contribution is 0.125. The fourth-order valence-electron chi connectivity index (χ4n) is 3.48. The van der Waals surface area contributed by atoms with Gasteiger partial charge in [-0.15, -0.1) is 0 Å². The quantitative estimate of drug-likeness (QED) is 0.854. The van der Waals surface area contributed by atoms with Gasteiger partial charge in [0.25, 0.3) is 5.56 Å². The van der Waals surface area contributed by atoms with E-state index in [0.29, 0.717) is 5.92 Å². The molecule has 0 bridgehead atoms. The van der Waals surface area contributed by atoms with E-state index in [1.807, 2.05) is 18.4 Å². The maximum atomic E-state index is 12.2. The van der Waals surface area contributed by atoms with Gasteiger partial charge in [-0.05, 0) is 64.5 Å². The molecule has 2 aliphatic rings. The first-order valence-electron chi connectivity index (χ1n) is 8.38. The van der Waals surface area contributed by atoms with Crippen molar-refractivity contribution in [2.75, 3.05) is 19.6 Å². The van der Waals surface area contributed by atoms with E-state index in [2.05, 4.69) is 9.88 Å². The second kappa shape index (κ2) is 6.30. The molecule has 0 spiro atoms. The van der Waals surface area contributed by atoms with Crippen LogP contribution in [0.4, 0.5) is 0 Å². The molecule has 4 heteroatoms. The highest BCUT2D eigenvalue weighted by molar-refractivity contribution is 5.12. The number of rotatable bonds is 4. The second-order valence-corrected chi connectivity index (χ2v) is 6.95. The molecule has 0 aromatic carbocycles. The summed E-state index contributed by atoms with van der Waals surface area (Å²) in [6.45, 7) is 8.33. The van der Waals surface area contributed by atoms with Crippen LogP contribution >= 0.6 is 0 Å². The number of likely N-dealkylation sites (tertiary alicyclic amines) is 1. The molecule has 2 heterocycles. The SMILES string of the molecule is Cc1ncn(CC2CCN(CC3CCC3)CC2)c(=O)c1C. The molecule has 21 heavy (non-hydrogen) atoms. The van der Waals surface area contributed by atoms with Crippen molar-refractivity contribution < 1.29 is 0 Å². The Hall–Kier alpha value is -1.16. The first kappa shape index (κ1) is 14.8. The van der Waals surface area contributed by atoms with E-state index in [4.69, 9.17) is 0 Å². The van der Waals surface area contributed by atoms with Crippen LogP contribution in [0.3, 0.4) is 0 Å². The van der Waals surface area contributed by atoms with Crippen LogP contribution in [0, 0.1) is 25.7 Å². The van der Waals surface area contributed by atoms with Crippen molar-refractivity contribution in [3.05, 3.63) is 27.9 Å². The molecule has 3 rings (SSSR count). The largest absolute Gasteiger partial charge is 0.303 e. The summed E-state index contributed by atoms with van der Waals surface area (Å²) < 4.78 is 1.81. The third kappa shape index (κ3) is 3.37. The van der Waals surface area contributed by atoms with Crippen molar-refractivity contribution in [1.29, 1.82) is 0 Å². The fourth-order valence-corrected chi connectivity index (χ4v) is 3.48. The van der Waals surface area contributed by atoms with E-state index in [0.717, 1.165) is 23.7 Å². The van der Waals surface area contributed by atoms with Crippen molar-refractivity contribution in [1.82, 2.24) is 14.5 Å². The lowest BCUT2D eigenvalue weighted by Gasteiger charge is -2.37. The Morgan fingerprint density at radius 1 is 1.10 bits per heavy atom. The average Bonchev–Trinajstić information content (AvgIpc) is 2.45. The minimum absolute atomic E-state index is 0.138. The Bertz CT molecular complexity index is 539. The molecule has 1 aliphatic carbocycles. The van der Waals surface area contributed by atoms with Gasteiger partial charge < -0.3 is 4.90 Å². The van der Waals surface area contributed by atoms with Gasteiger partial charge in [0.2, 0.25) is 0 Å². The zero-order valence-electron chi connectivity index (χ0n) is 13.3. The summed E-state index contributed by atoms with van der Waals surface area (Å²) in [5.41, 5.74) is 1.78. The minimum atomic E-state index is 0.138. The van der Waals surface area contributed by atoms with E-state index < -0.39 is 0 Å². The Labute approximate surface area is 127 Å². The Morgan fingerprint density at radius 2 is 1.76 bits per heavy atom. The molecule has 1 aromatic heterocycles. The first-order chi connectivity index (χ1) is 10.1. The van der Waals surface area contributed by atoms with Gasteiger partial charge in [-0.3, -0.25) is 9.36 Å². The molecule has 1 aromatic rings. The van der Waals surface area contributed by atoms with Crippen molar-refractivity contribution in [3.8, 4) is 0 Å².